The van der Waals surface area contributed by atoms with Crippen LogP contribution in [-0.4, -0.2) is 65.1 Å². The summed E-state index contributed by atoms with van der Waals surface area (Å²) in [5, 5.41) is 24.3. The number of nitrogens with one attached hydrogen (secondary N) is 2. The Morgan fingerprint density at radius 3 is 2.54 bits per heavy atom. The standard InChI is InChI=1S/C28H30F5N9O4/c1-13(24-39-38-15(3)45-24)26(10-19(28(31,32)33)36-25(26)44)9-16-8-20-35-18(12-42(20)34-11-16)22(17-4-6-27(29,30)7-5-17)37-23(43)21-14(2)40-46-41-21/h8,11-13,17,19,22H,4-7,9-10H2,1-3H3,(H,36,44)(H,37,43)/t13-,19+,22+,26+/m1/s1. The maximum Gasteiger partial charge on any atom is 0.408 e. The van der Waals surface area contributed by atoms with Gasteiger partial charge in [0.15, 0.2) is 11.3 Å². The third-order valence-electron chi connectivity index (χ3n) is 9.08. The van der Waals surface area contributed by atoms with Crippen LogP contribution < -0.4 is 10.6 Å². The number of aromatic nitrogens is 7. The van der Waals surface area contributed by atoms with Crippen molar-refractivity contribution in [2.75, 3.05) is 0 Å². The van der Waals surface area contributed by atoms with Crippen LogP contribution in [0.2, 0.25) is 0 Å². The number of hydrogen-bond acceptors (Lipinski definition) is 10. The van der Waals surface area contributed by atoms with E-state index in [1.54, 1.807) is 19.2 Å². The van der Waals surface area contributed by atoms with Gasteiger partial charge in [0.05, 0.1) is 29.5 Å². The number of fused-ring (bicyclic) bond motifs is 1. The molecule has 2 amide bonds. The number of aryl methyl sites for hydroxylation is 2. The first-order valence-corrected chi connectivity index (χ1v) is 14.6. The maximum absolute atomic E-state index is 14.0. The molecule has 0 radical (unpaired) electrons. The highest BCUT2D eigenvalue weighted by atomic mass is 19.4. The van der Waals surface area contributed by atoms with E-state index in [9.17, 15) is 31.5 Å². The number of imidazole rings is 1. The van der Waals surface area contributed by atoms with E-state index in [0.717, 1.165) is 0 Å². The number of halogens is 5. The first kappa shape index (κ1) is 31.5. The Balaban J connectivity index is 1.33. The van der Waals surface area contributed by atoms with Gasteiger partial charge in [-0.3, -0.25) is 9.59 Å². The summed E-state index contributed by atoms with van der Waals surface area (Å²) >= 11 is 0. The van der Waals surface area contributed by atoms with E-state index in [1.807, 2.05) is 0 Å². The topological polar surface area (TPSA) is 166 Å². The van der Waals surface area contributed by atoms with E-state index in [1.165, 1.54) is 24.6 Å². The van der Waals surface area contributed by atoms with Crippen LogP contribution >= 0.6 is 0 Å². The van der Waals surface area contributed by atoms with Crippen molar-refractivity contribution in [3.63, 3.8) is 0 Å². The van der Waals surface area contributed by atoms with Crippen LogP contribution in [0.25, 0.3) is 5.65 Å². The van der Waals surface area contributed by atoms with E-state index < -0.39 is 59.7 Å². The quantitative estimate of drug-likeness (QED) is 0.264. The molecular weight excluding hydrogens is 621 g/mol. The Morgan fingerprint density at radius 2 is 1.93 bits per heavy atom. The summed E-state index contributed by atoms with van der Waals surface area (Å²) in [5.74, 6) is -5.28. The van der Waals surface area contributed by atoms with Gasteiger partial charge in [-0.25, -0.2) is 22.9 Å². The Labute approximate surface area is 257 Å². The zero-order valence-corrected chi connectivity index (χ0v) is 24.9. The van der Waals surface area contributed by atoms with E-state index in [0.29, 0.717) is 11.3 Å². The van der Waals surface area contributed by atoms with Gasteiger partial charge in [0.2, 0.25) is 23.6 Å². The Bertz CT molecular complexity index is 1760. The SMILES string of the molecule is Cc1nnc([C@@H](C)[C@]2(Cc3cnn4cc([C@@H](NC(=O)c5nonc5C)C5CCC(F)(F)CC5)nc4c3)C[C@@H](C(F)(F)F)NC2=O)o1. The van der Waals surface area contributed by atoms with Crippen LogP contribution in [0.15, 0.2) is 27.5 Å². The van der Waals surface area contributed by atoms with Crippen molar-refractivity contribution in [2.45, 2.75) is 89.4 Å². The van der Waals surface area contributed by atoms with Crippen molar-refractivity contribution in [1.82, 2.24) is 45.7 Å². The highest BCUT2D eigenvalue weighted by molar-refractivity contribution is 5.93. The molecule has 4 aromatic heterocycles. The lowest BCUT2D eigenvalue weighted by molar-refractivity contribution is -0.155. The molecule has 0 spiro atoms. The van der Waals surface area contributed by atoms with Gasteiger partial charge in [0, 0.05) is 25.7 Å². The number of rotatable bonds is 8. The van der Waals surface area contributed by atoms with Gasteiger partial charge in [-0.1, -0.05) is 12.1 Å². The van der Waals surface area contributed by atoms with Crippen LogP contribution in [0.5, 0.6) is 0 Å². The Kier molecular flexibility index (Phi) is 7.79. The van der Waals surface area contributed by atoms with Gasteiger partial charge in [-0.05, 0) is 55.3 Å². The molecule has 2 N–H and O–H groups in total. The van der Waals surface area contributed by atoms with Crippen molar-refractivity contribution in [2.24, 2.45) is 11.3 Å². The summed E-state index contributed by atoms with van der Waals surface area (Å²) in [6.07, 6.45) is -2.92. The molecule has 246 valence electrons. The molecule has 13 nitrogen and oxygen atoms in total. The molecule has 1 saturated carbocycles. The molecule has 0 bridgehead atoms. The average molecular weight is 652 g/mol. The first-order valence-electron chi connectivity index (χ1n) is 14.6. The molecule has 1 aliphatic heterocycles. The fourth-order valence-electron chi connectivity index (χ4n) is 6.43. The van der Waals surface area contributed by atoms with Crippen LogP contribution in [0, 0.1) is 25.2 Å². The molecule has 18 heteroatoms. The second kappa shape index (κ2) is 11.4. The van der Waals surface area contributed by atoms with E-state index in [2.05, 4.69) is 45.9 Å². The van der Waals surface area contributed by atoms with Crippen molar-refractivity contribution >= 4 is 17.5 Å². The number of nitrogens with zero attached hydrogens (tertiary/aromatic N) is 7. The zero-order chi connectivity index (χ0) is 33.0. The van der Waals surface area contributed by atoms with Gasteiger partial charge in [0.1, 0.15) is 11.7 Å². The van der Waals surface area contributed by atoms with E-state index >= 15 is 0 Å². The first-order chi connectivity index (χ1) is 21.6. The molecule has 1 aliphatic carbocycles. The minimum absolute atomic E-state index is 0.0294. The fraction of sp³-hybridized carbons (Fsp3) is 0.571. The maximum atomic E-state index is 14.0. The second-order valence-electron chi connectivity index (χ2n) is 12.2. The van der Waals surface area contributed by atoms with Crippen LogP contribution in [0.1, 0.15) is 90.2 Å². The lowest BCUT2D eigenvalue weighted by atomic mass is 9.70. The van der Waals surface area contributed by atoms with Crippen molar-refractivity contribution in [1.29, 1.82) is 0 Å². The van der Waals surface area contributed by atoms with E-state index in [-0.39, 0.29) is 60.9 Å². The highest BCUT2D eigenvalue weighted by Crippen LogP contribution is 2.48. The van der Waals surface area contributed by atoms with Crippen molar-refractivity contribution in [3.05, 3.63) is 52.9 Å². The molecule has 0 unspecified atom stereocenters. The third kappa shape index (κ3) is 5.91. The molecule has 4 aromatic rings. The zero-order valence-electron chi connectivity index (χ0n) is 24.9. The van der Waals surface area contributed by atoms with Gasteiger partial charge >= 0.3 is 6.18 Å². The number of carbonyl (C=O) groups excluding carboxylic acids is 2. The lowest BCUT2D eigenvalue weighted by Crippen LogP contribution is -2.40. The summed E-state index contributed by atoms with van der Waals surface area (Å²) in [6, 6.07) is -1.29. The molecule has 46 heavy (non-hydrogen) atoms. The molecule has 4 atom stereocenters. The van der Waals surface area contributed by atoms with Gasteiger partial charge in [-0.2, -0.15) is 18.3 Å². The smallest absolute Gasteiger partial charge is 0.408 e. The van der Waals surface area contributed by atoms with Crippen molar-refractivity contribution < 1.29 is 40.6 Å². The van der Waals surface area contributed by atoms with Crippen LogP contribution in [-0.2, 0) is 11.2 Å². The number of hydrogen-bond donors (Lipinski definition) is 2. The van der Waals surface area contributed by atoms with Gasteiger partial charge in [-0.15, -0.1) is 10.2 Å². The molecule has 0 aromatic carbocycles. The molecule has 2 aliphatic rings. The van der Waals surface area contributed by atoms with Gasteiger partial charge < -0.3 is 15.1 Å². The Morgan fingerprint density at radius 1 is 1.20 bits per heavy atom. The van der Waals surface area contributed by atoms with Crippen LogP contribution in [0.3, 0.4) is 0 Å². The highest BCUT2D eigenvalue weighted by Gasteiger charge is 2.59. The molecule has 6 rings (SSSR count). The normalized spacial score (nSPS) is 23.4. The molecule has 5 heterocycles. The number of alkyl halides is 5. The fourth-order valence-corrected chi connectivity index (χ4v) is 6.43. The molecule has 1 saturated heterocycles. The summed E-state index contributed by atoms with van der Waals surface area (Å²) in [7, 11) is 0. The van der Waals surface area contributed by atoms with Crippen LogP contribution in [0.4, 0.5) is 22.0 Å². The van der Waals surface area contributed by atoms with E-state index in [4.69, 9.17) is 4.42 Å². The monoisotopic (exact) mass is 651 g/mol. The number of amides is 2. The largest absolute Gasteiger partial charge is 0.425 e. The van der Waals surface area contributed by atoms with Crippen molar-refractivity contribution in [3.8, 4) is 0 Å². The minimum atomic E-state index is -4.68. The van der Waals surface area contributed by atoms with Gasteiger partial charge in [0.25, 0.3) is 5.91 Å². The molecule has 2 fully saturated rings. The predicted molar refractivity (Wildman–Crippen MR) is 145 cm³/mol. The molecular formula is C28H30F5N9O4. The summed E-state index contributed by atoms with van der Waals surface area (Å²) < 4.78 is 81.0. The summed E-state index contributed by atoms with van der Waals surface area (Å²) in [4.78, 5) is 31.0. The average Bonchev–Trinajstić information content (AvgIpc) is 3.78. The Hall–Kier alpha value is -4.51. The summed E-state index contributed by atoms with van der Waals surface area (Å²) in [5.41, 5.74) is -0.402. The lowest BCUT2D eigenvalue weighted by Gasteiger charge is -2.33. The second-order valence-corrected chi connectivity index (χ2v) is 12.2. The third-order valence-corrected chi connectivity index (χ3v) is 9.08. The predicted octanol–water partition coefficient (Wildman–Crippen LogP) is 4.19. The minimum Gasteiger partial charge on any atom is -0.425 e. The number of carbonyl (C=O) groups is 2. The summed E-state index contributed by atoms with van der Waals surface area (Å²) in [6.45, 7) is 4.64.